The largest absolute Gasteiger partial charge is 0.367 e. The molecule has 2 nitrogen and oxygen atoms in total. The number of H-pyrrole nitrogens is 1. The lowest BCUT2D eigenvalue weighted by molar-refractivity contribution is 0.510. The smallest absolute Gasteiger partial charge is 0.0410 e. The fourth-order valence-electron chi connectivity index (χ4n) is 2.29. The van der Waals surface area contributed by atoms with Gasteiger partial charge >= 0.3 is 0 Å². The van der Waals surface area contributed by atoms with Crippen LogP contribution in [0.3, 0.4) is 0 Å². The Labute approximate surface area is 116 Å². The van der Waals surface area contributed by atoms with Gasteiger partial charge < -0.3 is 10.3 Å². The van der Waals surface area contributed by atoms with E-state index in [9.17, 15) is 0 Å². The second-order valence-corrected chi connectivity index (χ2v) is 6.05. The maximum Gasteiger partial charge on any atom is 0.0410 e. The van der Waals surface area contributed by atoms with Crippen LogP contribution < -0.4 is 5.32 Å². The van der Waals surface area contributed by atoms with Gasteiger partial charge in [0.25, 0.3) is 0 Å². The maximum atomic E-state index is 6.10. The molecular weight excluding hydrogens is 264 g/mol. The summed E-state index contributed by atoms with van der Waals surface area (Å²) in [4.78, 5) is 4.44. The second kappa shape index (κ2) is 5.39. The lowest BCUT2D eigenvalue weighted by Gasteiger charge is -2.26. The Morgan fingerprint density at radius 3 is 3.17 bits per heavy atom. The van der Waals surface area contributed by atoms with Crippen LogP contribution in [0.1, 0.15) is 23.6 Å². The Hall–Kier alpha value is -0.900. The first kappa shape index (κ1) is 12.2. The first-order valence-corrected chi connectivity index (χ1v) is 7.46. The van der Waals surface area contributed by atoms with Crippen molar-refractivity contribution in [2.24, 2.45) is 0 Å². The van der Waals surface area contributed by atoms with E-state index in [0.29, 0.717) is 6.04 Å². The Bertz CT molecular complexity index is 525. The number of aromatic amines is 1. The van der Waals surface area contributed by atoms with Crippen LogP contribution in [0.25, 0.3) is 0 Å². The highest BCUT2D eigenvalue weighted by Crippen LogP contribution is 2.37. The predicted octanol–water partition coefficient (Wildman–Crippen LogP) is 3.99. The molecular formula is C14H15ClN2S. The molecule has 4 heteroatoms. The van der Waals surface area contributed by atoms with Crippen LogP contribution in [-0.4, -0.2) is 10.7 Å². The molecule has 0 saturated heterocycles. The number of benzene rings is 1. The molecule has 18 heavy (non-hydrogen) atoms. The Morgan fingerprint density at radius 2 is 2.33 bits per heavy atom. The average Bonchev–Trinajstić information content (AvgIpc) is 2.89. The molecule has 2 aromatic rings. The summed E-state index contributed by atoms with van der Waals surface area (Å²) in [5.74, 6) is 1.17. The highest BCUT2D eigenvalue weighted by atomic mass is 35.5. The molecule has 1 aromatic carbocycles. The van der Waals surface area contributed by atoms with Crippen molar-refractivity contribution in [1.29, 1.82) is 0 Å². The van der Waals surface area contributed by atoms with Gasteiger partial charge in [-0.25, -0.2) is 0 Å². The van der Waals surface area contributed by atoms with Crippen molar-refractivity contribution < 1.29 is 0 Å². The Balaban J connectivity index is 1.76. The van der Waals surface area contributed by atoms with Crippen LogP contribution in [0.5, 0.6) is 0 Å². The van der Waals surface area contributed by atoms with E-state index < -0.39 is 0 Å². The first-order chi connectivity index (χ1) is 8.83. The summed E-state index contributed by atoms with van der Waals surface area (Å²) >= 11 is 8.02. The maximum absolute atomic E-state index is 6.10. The molecule has 0 fully saturated rings. The third-order valence-corrected chi connectivity index (χ3v) is 4.58. The molecule has 0 bridgehead atoms. The van der Waals surface area contributed by atoms with Crippen LogP contribution in [-0.2, 0) is 6.54 Å². The number of fused-ring (bicyclic) bond motifs is 1. The fraction of sp³-hybridized carbons (Fsp3) is 0.286. The average molecular weight is 279 g/mol. The van der Waals surface area contributed by atoms with Crippen molar-refractivity contribution in [3.8, 4) is 0 Å². The quantitative estimate of drug-likeness (QED) is 0.888. The molecule has 2 N–H and O–H groups in total. The predicted molar refractivity (Wildman–Crippen MR) is 77.2 cm³/mol. The summed E-state index contributed by atoms with van der Waals surface area (Å²) in [5.41, 5.74) is 2.63. The van der Waals surface area contributed by atoms with E-state index >= 15 is 0 Å². The van der Waals surface area contributed by atoms with Crippen molar-refractivity contribution >= 4 is 23.4 Å². The molecule has 2 heterocycles. The summed E-state index contributed by atoms with van der Waals surface area (Å²) in [6.07, 6.45) is 5.14. The molecule has 1 aliphatic heterocycles. The summed E-state index contributed by atoms with van der Waals surface area (Å²) < 4.78 is 0. The summed E-state index contributed by atoms with van der Waals surface area (Å²) in [7, 11) is 0. The number of aromatic nitrogens is 1. The molecule has 0 saturated carbocycles. The van der Waals surface area contributed by atoms with Gasteiger partial charge in [0, 0.05) is 34.9 Å². The standard InChI is InChI=1S/C14H15ClN2S/c15-11-1-2-14-12(7-11)13(4-6-18-14)17-9-10-3-5-16-8-10/h1-3,5,7-8,13,16-17H,4,6,9H2. The molecule has 0 spiro atoms. The number of thioether (sulfide) groups is 1. The summed E-state index contributed by atoms with van der Waals surface area (Å²) in [6.45, 7) is 0.894. The third kappa shape index (κ3) is 2.58. The fourth-order valence-corrected chi connectivity index (χ4v) is 3.57. The van der Waals surface area contributed by atoms with Gasteiger partial charge in [-0.2, -0.15) is 0 Å². The van der Waals surface area contributed by atoms with E-state index in [1.165, 1.54) is 21.8 Å². The molecule has 3 rings (SSSR count). The SMILES string of the molecule is Clc1ccc2c(c1)C(NCc1cc[nH]c1)CCS2. The van der Waals surface area contributed by atoms with Crippen molar-refractivity contribution in [1.82, 2.24) is 10.3 Å². The number of halogens is 1. The van der Waals surface area contributed by atoms with Gasteiger partial charge in [-0.3, -0.25) is 0 Å². The van der Waals surface area contributed by atoms with Gasteiger partial charge in [-0.05, 0) is 47.6 Å². The number of hydrogen-bond donors (Lipinski definition) is 2. The van der Waals surface area contributed by atoms with Crippen LogP contribution in [0, 0.1) is 0 Å². The molecule has 94 valence electrons. The number of nitrogens with one attached hydrogen (secondary N) is 2. The second-order valence-electron chi connectivity index (χ2n) is 4.47. The Morgan fingerprint density at radius 1 is 1.39 bits per heavy atom. The van der Waals surface area contributed by atoms with Crippen LogP contribution in [0.15, 0.2) is 41.6 Å². The number of hydrogen-bond acceptors (Lipinski definition) is 2. The van der Waals surface area contributed by atoms with Crippen molar-refractivity contribution in [3.63, 3.8) is 0 Å². The van der Waals surface area contributed by atoms with Crippen molar-refractivity contribution in [2.45, 2.75) is 23.9 Å². The molecule has 0 amide bonds. The highest BCUT2D eigenvalue weighted by molar-refractivity contribution is 7.99. The highest BCUT2D eigenvalue weighted by Gasteiger charge is 2.20. The first-order valence-electron chi connectivity index (χ1n) is 6.10. The zero-order chi connectivity index (χ0) is 12.4. The monoisotopic (exact) mass is 278 g/mol. The van der Waals surface area contributed by atoms with E-state index in [1.54, 1.807) is 0 Å². The molecule has 1 aliphatic rings. The van der Waals surface area contributed by atoms with Crippen LogP contribution in [0.4, 0.5) is 0 Å². The molecule has 0 aliphatic carbocycles. The third-order valence-electron chi connectivity index (χ3n) is 3.23. The van der Waals surface area contributed by atoms with Crippen molar-refractivity contribution in [3.05, 3.63) is 52.8 Å². The zero-order valence-corrected chi connectivity index (χ0v) is 11.5. The lowest BCUT2D eigenvalue weighted by Crippen LogP contribution is -2.24. The van der Waals surface area contributed by atoms with Gasteiger partial charge in [0.15, 0.2) is 0 Å². The Kier molecular flexibility index (Phi) is 3.64. The normalized spacial score (nSPS) is 18.6. The lowest BCUT2D eigenvalue weighted by atomic mass is 10.0. The topological polar surface area (TPSA) is 27.8 Å². The van der Waals surface area contributed by atoms with Gasteiger partial charge in [-0.1, -0.05) is 11.6 Å². The van der Waals surface area contributed by atoms with E-state index in [1.807, 2.05) is 30.2 Å². The van der Waals surface area contributed by atoms with Gasteiger partial charge in [0.05, 0.1) is 0 Å². The minimum absolute atomic E-state index is 0.412. The van der Waals surface area contributed by atoms with Crippen molar-refractivity contribution in [2.75, 3.05) is 5.75 Å². The zero-order valence-electron chi connectivity index (χ0n) is 9.95. The van der Waals surface area contributed by atoms with Crippen LogP contribution >= 0.6 is 23.4 Å². The van der Waals surface area contributed by atoms with E-state index in [0.717, 1.165) is 18.0 Å². The van der Waals surface area contributed by atoms with E-state index in [4.69, 9.17) is 11.6 Å². The van der Waals surface area contributed by atoms with Gasteiger partial charge in [0.1, 0.15) is 0 Å². The molecule has 0 radical (unpaired) electrons. The minimum atomic E-state index is 0.412. The van der Waals surface area contributed by atoms with E-state index in [2.05, 4.69) is 28.5 Å². The summed E-state index contributed by atoms with van der Waals surface area (Å²) in [5, 5.41) is 4.44. The number of rotatable bonds is 3. The van der Waals surface area contributed by atoms with Crippen LogP contribution in [0.2, 0.25) is 5.02 Å². The minimum Gasteiger partial charge on any atom is -0.367 e. The van der Waals surface area contributed by atoms with E-state index in [-0.39, 0.29) is 0 Å². The molecule has 1 unspecified atom stereocenters. The summed E-state index contributed by atoms with van der Waals surface area (Å²) in [6, 6.07) is 8.71. The molecule has 1 atom stereocenters. The molecule has 1 aromatic heterocycles. The van der Waals surface area contributed by atoms with Gasteiger partial charge in [-0.15, -0.1) is 11.8 Å². The van der Waals surface area contributed by atoms with Gasteiger partial charge in [0.2, 0.25) is 0 Å².